The van der Waals surface area contributed by atoms with Crippen LogP contribution in [0.5, 0.6) is 0 Å². The summed E-state index contributed by atoms with van der Waals surface area (Å²) in [6, 6.07) is 0. The summed E-state index contributed by atoms with van der Waals surface area (Å²) in [6.07, 6.45) is 3.93. The van der Waals surface area contributed by atoms with Gasteiger partial charge in [-0.25, -0.2) is 0 Å². The fraction of sp³-hybridized carbons (Fsp3) is 0.545. The third kappa shape index (κ3) is 3.92. The first-order chi connectivity index (χ1) is 13.3. The Bertz CT molecular complexity index is 854. The van der Waals surface area contributed by atoms with Gasteiger partial charge in [-0.05, 0) is 68.0 Å². The van der Waals surface area contributed by atoms with E-state index in [0.29, 0.717) is 6.61 Å². The van der Waals surface area contributed by atoms with Crippen LogP contribution in [0.1, 0.15) is 45.0 Å². The van der Waals surface area contributed by atoms with Crippen LogP contribution in [0.2, 0.25) is 0 Å². The lowest BCUT2D eigenvalue weighted by molar-refractivity contribution is -0.00805. The maximum Gasteiger partial charge on any atom is 0.194 e. The lowest BCUT2D eigenvalue weighted by Gasteiger charge is -2.35. The number of ether oxygens (including phenoxy) is 1. The lowest BCUT2D eigenvalue weighted by Crippen LogP contribution is -2.48. The number of aryl methyl sites for hydroxylation is 1. The smallest absolute Gasteiger partial charge is 0.194 e. The highest BCUT2D eigenvalue weighted by atomic mass is 16.5. The van der Waals surface area contributed by atoms with Gasteiger partial charge in [-0.3, -0.25) is 9.67 Å². The summed E-state index contributed by atoms with van der Waals surface area (Å²) in [5, 5.41) is 7.86. The van der Waals surface area contributed by atoms with Crippen LogP contribution in [-0.4, -0.2) is 47.4 Å². The first-order valence-electron chi connectivity index (χ1n) is 9.95. The Morgan fingerprint density at radius 3 is 2.36 bits per heavy atom. The Kier molecular flexibility index (Phi) is 6.08. The standard InChI is InChI=1S/C22H33N5O/c1-14-15(2)17(4)20(18(5)16(14)3)11-24-22(23-6)27-8-9-28-21(13-27)19-10-25-26(7)12-19/h10,12,21H,8-9,11,13H2,1-7H3,(H,23,24). The Morgan fingerprint density at radius 1 is 1.14 bits per heavy atom. The van der Waals surface area contributed by atoms with E-state index in [1.165, 1.54) is 33.4 Å². The highest BCUT2D eigenvalue weighted by molar-refractivity contribution is 5.80. The second kappa shape index (κ2) is 8.35. The third-order valence-corrected chi connectivity index (χ3v) is 6.25. The number of nitrogens with zero attached hydrogens (tertiary/aromatic N) is 4. The zero-order valence-electron chi connectivity index (χ0n) is 18.3. The molecule has 0 bridgehead atoms. The average Bonchev–Trinajstić information content (AvgIpc) is 3.14. The van der Waals surface area contributed by atoms with Crippen LogP contribution in [-0.2, 0) is 18.3 Å². The first kappa shape index (κ1) is 20.4. The molecule has 6 heteroatoms. The fourth-order valence-electron chi connectivity index (χ4n) is 3.99. The molecule has 6 nitrogen and oxygen atoms in total. The summed E-state index contributed by atoms with van der Waals surface area (Å²) in [5.41, 5.74) is 9.40. The normalized spacial score (nSPS) is 17.9. The number of rotatable bonds is 3. The second-order valence-electron chi connectivity index (χ2n) is 7.76. The molecule has 2 aromatic rings. The number of aliphatic imine (C=N–C) groups is 1. The van der Waals surface area contributed by atoms with Gasteiger partial charge >= 0.3 is 0 Å². The highest BCUT2D eigenvalue weighted by Gasteiger charge is 2.25. The summed E-state index contributed by atoms with van der Waals surface area (Å²) in [6.45, 7) is 14.2. The summed E-state index contributed by atoms with van der Waals surface area (Å²) < 4.78 is 7.79. The van der Waals surface area contributed by atoms with E-state index in [4.69, 9.17) is 4.74 Å². The molecule has 0 radical (unpaired) electrons. The number of aromatic nitrogens is 2. The van der Waals surface area contributed by atoms with Crippen molar-refractivity contribution in [2.45, 2.75) is 47.3 Å². The molecule has 1 atom stereocenters. The van der Waals surface area contributed by atoms with Crippen molar-refractivity contribution in [1.29, 1.82) is 0 Å². The molecule has 1 aromatic carbocycles. The third-order valence-electron chi connectivity index (χ3n) is 6.25. The Balaban J connectivity index is 1.73. The van der Waals surface area contributed by atoms with E-state index in [1.807, 2.05) is 31.2 Å². The van der Waals surface area contributed by atoms with Crippen molar-refractivity contribution < 1.29 is 4.74 Å². The van der Waals surface area contributed by atoms with E-state index in [-0.39, 0.29) is 6.10 Å². The van der Waals surface area contributed by atoms with E-state index < -0.39 is 0 Å². The second-order valence-corrected chi connectivity index (χ2v) is 7.76. The lowest BCUT2D eigenvalue weighted by atomic mass is 9.89. The summed E-state index contributed by atoms with van der Waals surface area (Å²) in [7, 11) is 3.78. The molecule has 1 saturated heterocycles. The molecule has 1 fully saturated rings. The van der Waals surface area contributed by atoms with Crippen LogP contribution < -0.4 is 5.32 Å². The maximum absolute atomic E-state index is 5.97. The molecule has 0 spiro atoms. The van der Waals surface area contributed by atoms with Crippen LogP contribution in [0, 0.1) is 34.6 Å². The highest BCUT2D eigenvalue weighted by Crippen LogP contribution is 2.26. The van der Waals surface area contributed by atoms with Gasteiger partial charge in [-0.15, -0.1) is 0 Å². The molecule has 1 aromatic heterocycles. The number of guanidine groups is 1. The van der Waals surface area contributed by atoms with E-state index in [0.717, 1.165) is 31.2 Å². The number of hydrogen-bond donors (Lipinski definition) is 1. The molecular formula is C22H33N5O. The zero-order chi connectivity index (χ0) is 20.4. The monoisotopic (exact) mass is 383 g/mol. The van der Waals surface area contributed by atoms with E-state index in [1.54, 1.807) is 0 Å². The van der Waals surface area contributed by atoms with Gasteiger partial charge in [0.05, 0.1) is 19.3 Å². The molecule has 2 heterocycles. The summed E-state index contributed by atoms with van der Waals surface area (Å²) in [4.78, 5) is 6.81. The van der Waals surface area contributed by atoms with Crippen molar-refractivity contribution in [2.75, 3.05) is 26.7 Å². The number of benzene rings is 1. The predicted octanol–water partition coefficient (Wildman–Crippen LogP) is 3.11. The SMILES string of the molecule is CN=C(NCc1c(C)c(C)c(C)c(C)c1C)N1CCOC(c2cnn(C)c2)C1. The number of hydrogen-bond acceptors (Lipinski definition) is 3. The minimum atomic E-state index is 0.0216. The first-order valence-corrected chi connectivity index (χ1v) is 9.95. The van der Waals surface area contributed by atoms with E-state index in [2.05, 4.69) is 54.9 Å². The van der Waals surface area contributed by atoms with Crippen molar-refractivity contribution >= 4 is 5.96 Å². The maximum atomic E-state index is 5.97. The van der Waals surface area contributed by atoms with Gasteiger partial charge in [-0.1, -0.05) is 0 Å². The van der Waals surface area contributed by atoms with Gasteiger partial charge in [0.15, 0.2) is 5.96 Å². The predicted molar refractivity (Wildman–Crippen MR) is 114 cm³/mol. The fourth-order valence-corrected chi connectivity index (χ4v) is 3.99. The van der Waals surface area contributed by atoms with Crippen molar-refractivity contribution in [3.05, 3.63) is 51.3 Å². The molecule has 1 aliphatic heterocycles. The van der Waals surface area contributed by atoms with Gasteiger partial charge in [0.2, 0.25) is 0 Å². The van der Waals surface area contributed by atoms with Gasteiger partial charge < -0.3 is 15.0 Å². The van der Waals surface area contributed by atoms with E-state index >= 15 is 0 Å². The van der Waals surface area contributed by atoms with Gasteiger partial charge in [-0.2, -0.15) is 5.10 Å². The topological polar surface area (TPSA) is 54.7 Å². The van der Waals surface area contributed by atoms with Crippen molar-refractivity contribution in [3.63, 3.8) is 0 Å². The largest absolute Gasteiger partial charge is 0.370 e. The van der Waals surface area contributed by atoms with Crippen LogP contribution >= 0.6 is 0 Å². The van der Waals surface area contributed by atoms with Gasteiger partial charge in [0.25, 0.3) is 0 Å². The quantitative estimate of drug-likeness (QED) is 0.654. The molecule has 152 valence electrons. The van der Waals surface area contributed by atoms with Crippen LogP contribution in [0.25, 0.3) is 0 Å². The molecule has 3 rings (SSSR count). The average molecular weight is 384 g/mol. The van der Waals surface area contributed by atoms with Crippen molar-refractivity contribution in [2.24, 2.45) is 12.0 Å². The van der Waals surface area contributed by atoms with Crippen molar-refractivity contribution in [3.8, 4) is 0 Å². The molecule has 0 saturated carbocycles. The van der Waals surface area contributed by atoms with Gasteiger partial charge in [0.1, 0.15) is 6.10 Å². The molecule has 28 heavy (non-hydrogen) atoms. The van der Waals surface area contributed by atoms with Crippen LogP contribution in [0.3, 0.4) is 0 Å². The van der Waals surface area contributed by atoms with Gasteiger partial charge in [0, 0.05) is 38.9 Å². The van der Waals surface area contributed by atoms with Crippen LogP contribution in [0.4, 0.5) is 0 Å². The zero-order valence-corrected chi connectivity index (χ0v) is 18.3. The molecule has 1 aliphatic rings. The molecule has 1 N–H and O–H groups in total. The number of morpholine rings is 1. The molecular weight excluding hydrogens is 350 g/mol. The molecule has 0 amide bonds. The Labute approximate surface area is 168 Å². The Morgan fingerprint density at radius 2 is 1.79 bits per heavy atom. The minimum Gasteiger partial charge on any atom is -0.370 e. The van der Waals surface area contributed by atoms with E-state index in [9.17, 15) is 0 Å². The number of nitrogens with one attached hydrogen (secondary N) is 1. The Hall–Kier alpha value is -2.34. The van der Waals surface area contributed by atoms with Crippen molar-refractivity contribution in [1.82, 2.24) is 20.0 Å². The van der Waals surface area contributed by atoms with Crippen LogP contribution in [0.15, 0.2) is 17.4 Å². The molecule has 1 unspecified atom stereocenters. The summed E-state index contributed by atoms with van der Waals surface area (Å²) >= 11 is 0. The minimum absolute atomic E-state index is 0.0216. The molecule has 0 aliphatic carbocycles. The summed E-state index contributed by atoms with van der Waals surface area (Å²) in [5.74, 6) is 0.923.